The Morgan fingerprint density at radius 1 is 1.05 bits per heavy atom. The smallest absolute Gasteiger partial charge is 0.262 e. The number of benzene rings is 1. The number of hydrogen-bond donors (Lipinski definition) is 1. The minimum Gasteiger partial charge on any atom is -0.295 e. The zero-order valence-corrected chi connectivity index (χ0v) is 21.4. The summed E-state index contributed by atoms with van der Waals surface area (Å²) in [6.45, 7) is 6.45. The number of nitrogens with one attached hydrogen (secondary N) is 1. The number of carbonyl (C=O) groups excluding carboxylic acids is 4. The number of nitrogens with zero attached hydrogens (tertiary/aromatic N) is 4. The van der Waals surface area contributed by atoms with Crippen LogP contribution >= 0.6 is 11.3 Å². The van der Waals surface area contributed by atoms with Crippen molar-refractivity contribution in [3.8, 4) is 0 Å². The number of rotatable bonds is 4. The summed E-state index contributed by atoms with van der Waals surface area (Å²) in [6, 6.07) is 4.33. The molecule has 5 heterocycles. The summed E-state index contributed by atoms with van der Waals surface area (Å²) >= 11 is 1.70. The highest BCUT2D eigenvalue weighted by molar-refractivity contribution is 7.18. The fourth-order valence-corrected chi connectivity index (χ4v) is 6.37. The lowest BCUT2D eigenvalue weighted by Crippen LogP contribution is -2.54. The van der Waals surface area contributed by atoms with Gasteiger partial charge < -0.3 is 0 Å². The van der Waals surface area contributed by atoms with E-state index in [9.17, 15) is 19.2 Å². The molecular formula is C27H25N5O4S. The number of hydrogen-bond acceptors (Lipinski definition) is 8. The Kier molecular flexibility index (Phi) is 5.73. The van der Waals surface area contributed by atoms with E-state index in [1.54, 1.807) is 29.8 Å². The van der Waals surface area contributed by atoms with E-state index < -0.39 is 23.8 Å². The highest BCUT2D eigenvalue weighted by atomic mass is 32.1. The SMILES string of the molecule is Cc1sc2ncnc(C3=CCN(Cc4ccc5c(c4)C(=O)N(C4CCC(=O)NC4=O)C5=O)CC3)c2c1C. The van der Waals surface area contributed by atoms with E-state index in [-0.39, 0.29) is 18.7 Å². The van der Waals surface area contributed by atoms with E-state index in [2.05, 4.69) is 40.1 Å². The minimum absolute atomic E-state index is 0.103. The predicted molar refractivity (Wildman–Crippen MR) is 138 cm³/mol. The molecule has 3 aromatic rings. The Labute approximate surface area is 217 Å². The first-order chi connectivity index (χ1) is 17.8. The molecule has 4 amide bonds. The van der Waals surface area contributed by atoms with E-state index in [0.717, 1.165) is 45.9 Å². The standard InChI is InChI=1S/C27H25N5O4S/c1-14-15(2)37-25-22(14)23(28-13-29-25)17-7-9-31(10-8-17)12-16-3-4-18-19(11-16)27(36)32(26(18)35)20-5-6-21(33)30-24(20)34/h3-4,7,11,13,20H,5-6,8-10,12H2,1-2H3,(H,30,33,34). The first kappa shape index (κ1) is 23.6. The first-order valence-corrected chi connectivity index (χ1v) is 13.1. The van der Waals surface area contributed by atoms with Gasteiger partial charge in [-0.1, -0.05) is 12.1 Å². The van der Waals surface area contributed by atoms with Crippen LogP contribution in [0, 0.1) is 13.8 Å². The quantitative estimate of drug-likeness (QED) is 0.532. The van der Waals surface area contributed by atoms with Crippen molar-refractivity contribution in [2.24, 2.45) is 0 Å². The van der Waals surface area contributed by atoms with E-state index in [1.807, 2.05) is 6.07 Å². The minimum atomic E-state index is -0.955. The van der Waals surface area contributed by atoms with Gasteiger partial charge in [-0.25, -0.2) is 9.97 Å². The lowest BCUT2D eigenvalue weighted by Gasteiger charge is -2.27. The summed E-state index contributed by atoms with van der Waals surface area (Å²) in [4.78, 5) is 64.5. The van der Waals surface area contributed by atoms with Gasteiger partial charge in [-0.15, -0.1) is 11.3 Å². The number of fused-ring (bicyclic) bond motifs is 2. The maximum absolute atomic E-state index is 13.1. The summed E-state index contributed by atoms with van der Waals surface area (Å²) in [6.07, 6.45) is 4.96. The number of thiophene rings is 1. The molecule has 2 aromatic heterocycles. The van der Waals surface area contributed by atoms with Crippen molar-refractivity contribution in [3.63, 3.8) is 0 Å². The summed E-state index contributed by atoms with van der Waals surface area (Å²) < 4.78 is 0. The van der Waals surface area contributed by atoms with Crippen LogP contribution in [0.4, 0.5) is 0 Å². The fraction of sp³-hybridized carbons (Fsp3) is 0.333. The second-order valence-corrected chi connectivity index (χ2v) is 10.9. The van der Waals surface area contributed by atoms with E-state index >= 15 is 0 Å². The van der Waals surface area contributed by atoms with Crippen molar-refractivity contribution in [1.29, 1.82) is 0 Å². The fourth-order valence-electron chi connectivity index (χ4n) is 5.37. The molecule has 6 rings (SSSR count). The van der Waals surface area contributed by atoms with Crippen LogP contribution in [0.3, 0.4) is 0 Å². The molecule has 0 radical (unpaired) electrons. The maximum Gasteiger partial charge on any atom is 0.262 e. The molecule has 1 aromatic carbocycles. The molecule has 37 heavy (non-hydrogen) atoms. The molecule has 1 atom stereocenters. The molecule has 188 valence electrons. The molecular weight excluding hydrogens is 490 g/mol. The molecule has 9 nitrogen and oxygen atoms in total. The van der Waals surface area contributed by atoms with Gasteiger partial charge in [-0.2, -0.15) is 0 Å². The van der Waals surface area contributed by atoms with Crippen LogP contribution in [-0.2, 0) is 16.1 Å². The summed E-state index contributed by atoms with van der Waals surface area (Å²) in [5.41, 5.74) is 5.01. The van der Waals surface area contributed by atoms with Gasteiger partial charge in [0, 0.05) is 36.3 Å². The van der Waals surface area contributed by atoms with Crippen LogP contribution in [0.5, 0.6) is 0 Å². The normalized spacial score (nSPS) is 20.4. The van der Waals surface area contributed by atoms with Crippen LogP contribution in [0.25, 0.3) is 15.8 Å². The molecule has 0 aliphatic carbocycles. The average molecular weight is 516 g/mol. The molecule has 3 aliphatic rings. The van der Waals surface area contributed by atoms with Crippen LogP contribution < -0.4 is 5.32 Å². The largest absolute Gasteiger partial charge is 0.295 e. The predicted octanol–water partition coefficient (Wildman–Crippen LogP) is 3.00. The molecule has 0 saturated carbocycles. The topological polar surface area (TPSA) is 113 Å². The third-order valence-electron chi connectivity index (χ3n) is 7.47. The molecule has 3 aliphatic heterocycles. The molecule has 1 saturated heterocycles. The van der Waals surface area contributed by atoms with Crippen molar-refractivity contribution in [2.75, 3.05) is 13.1 Å². The Morgan fingerprint density at radius 2 is 1.86 bits per heavy atom. The zero-order chi connectivity index (χ0) is 25.8. The van der Waals surface area contributed by atoms with Gasteiger partial charge in [0.15, 0.2) is 0 Å². The molecule has 0 bridgehead atoms. The van der Waals surface area contributed by atoms with Crippen molar-refractivity contribution < 1.29 is 19.2 Å². The van der Waals surface area contributed by atoms with E-state index in [4.69, 9.17) is 0 Å². The summed E-state index contributed by atoms with van der Waals surface area (Å²) in [7, 11) is 0. The first-order valence-electron chi connectivity index (χ1n) is 12.3. The van der Waals surface area contributed by atoms with Crippen molar-refractivity contribution in [3.05, 3.63) is 63.4 Å². The third-order valence-corrected chi connectivity index (χ3v) is 8.59. The van der Waals surface area contributed by atoms with Gasteiger partial charge in [-0.3, -0.25) is 34.3 Å². The highest BCUT2D eigenvalue weighted by Crippen LogP contribution is 2.35. The maximum atomic E-state index is 13.1. The number of aryl methyl sites for hydroxylation is 2. The van der Waals surface area contributed by atoms with E-state index in [0.29, 0.717) is 17.7 Å². The lowest BCUT2D eigenvalue weighted by molar-refractivity contribution is -0.136. The number of amides is 4. The lowest BCUT2D eigenvalue weighted by atomic mass is 9.99. The van der Waals surface area contributed by atoms with Crippen LogP contribution in [0.15, 0.2) is 30.6 Å². The average Bonchev–Trinajstić information content (AvgIpc) is 3.31. The Bertz CT molecular complexity index is 1540. The highest BCUT2D eigenvalue weighted by Gasteiger charge is 2.44. The second kappa shape index (κ2) is 8.97. The Morgan fingerprint density at radius 3 is 2.62 bits per heavy atom. The van der Waals surface area contributed by atoms with Gasteiger partial charge in [0.2, 0.25) is 11.8 Å². The van der Waals surface area contributed by atoms with Gasteiger partial charge in [0.25, 0.3) is 11.8 Å². The number of carbonyl (C=O) groups is 4. The Balaban J connectivity index is 1.18. The summed E-state index contributed by atoms with van der Waals surface area (Å²) in [5, 5.41) is 3.37. The molecule has 1 fully saturated rings. The van der Waals surface area contributed by atoms with Gasteiger partial charge >= 0.3 is 0 Å². The second-order valence-electron chi connectivity index (χ2n) is 9.73. The zero-order valence-electron chi connectivity index (χ0n) is 20.5. The van der Waals surface area contributed by atoms with Crippen molar-refractivity contribution in [2.45, 2.75) is 45.7 Å². The van der Waals surface area contributed by atoms with Crippen molar-refractivity contribution in [1.82, 2.24) is 25.1 Å². The van der Waals surface area contributed by atoms with Gasteiger partial charge in [0.1, 0.15) is 17.2 Å². The van der Waals surface area contributed by atoms with Crippen molar-refractivity contribution >= 4 is 50.8 Å². The van der Waals surface area contributed by atoms with Gasteiger partial charge in [-0.05, 0) is 55.5 Å². The number of piperidine rings is 1. The molecule has 0 spiro atoms. The molecule has 1 unspecified atom stereocenters. The third kappa shape index (κ3) is 3.96. The number of aromatic nitrogens is 2. The summed E-state index contributed by atoms with van der Waals surface area (Å²) in [5.74, 6) is -1.95. The Hall–Kier alpha value is -3.76. The van der Waals surface area contributed by atoms with Gasteiger partial charge in [0.05, 0.1) is 16.8 Å². The van der Waals surface area contributed by atoms with Crippen LogP contribution in [0.1, 0.15) is 61.7 Å². The molecule has 10 heteroatoms. The monoisotopic (exact) mass is 515 g/mol. The number of imide groups is 2. The molecule has 1 N–H and O–H groups in total. The van der Waals surface area contributed by atoms with Crippen LogP contribution in [-0.4, -0.2) is 62.5 Å². The van der Waals surface area contributed by atoms with Crippen LogP contribution in [0.2, 0.25) is 0 Å². The van der Waals surface area contributed by atoms with E-state index in [1.165, 1.54) is 16.0 Å².